The van der Waals surface area contributed by atoms with Crippen LogP contribution in [0, 0.1) is 5.92 Å². The summed E-state index contributed by atoms with van der Waals surface area (Å²) in [6.07, 6.45) is 5.40. The van der Waals surface area contributed by atoms with Gasteiger partial charge in [-0.05, 0) is 26.7 Å². The van der Waals surface area contributed by atoms with Crippen molar-refractivity contribution in [1.29, 1.82) is 0 Å². The predicted octanol–water partition coefficient (Wildman–Crippen LogP) is 2.31. The molecule has 0 aromatic heterocycles. The fourth-order valence-electron chi connectivity index (χ4n) is 2.61. The first-order valence-electron chi connectivity index (χ1n) is 5.29. The number of fused-ring (bicyclic) bond motifs is 1. The summed E-state index contributed by atoms with van der Waals surface area (Å²) in [5, 5.41) is 0. The van der Waals surface area contributed by atoms with E-state index in [9.17, 15) is 4.79 Å². The standard InChI is InChI=1S/C11H18O2/c1-11(2)7-9(12)8-5-3-4-6-10(8)13-11/h8,10H,3-7H2,1-2H3. The van der Waals surface area contributed by atoms with Gasteiger partial charge in [0.25, 0.3) is 0 Å². The van der Waals surface area contributed by atoms with E-state index in [4.69, 9.17) is 4.74 Å². The van der Waals surface area contributed by atoms with Gasteiger partial charge >= 0.3 is 0 Å². The maximum absolute atomic E-state index is 11.8. The third-order valence-corrected chi connectivity index (χ3v) is 3.19. The van der Waals surface area contributed by atoms with Crippen molar-refractivity contribution in [3.05, 3.63) is 0 Å². The molecule has 0 aromatic rings. The Labute approximate surface area is 79.7 Å². The van der Waals surface area contributed by atoms with Crippen molar-refractivity contribution in [1.82, 2.24) is 0 Å². The molecule has 1 aliphatic heterocycles. The molecule has 2 atom stereocenters. The second kappa shape index (κ2) is 3.09. The van der Waals surface area contributed by atoms with Crippen LogP contribution < -0.4 is 0 Å². The van der Waals surface area contributed by atoms with Crippen LogP contribution in [0.25, 0.3) is 0 Å². The molecule has 0 radical (unpaired) electrons. The minimum atomic E-state index is -0.213. The van der Waals surface area contributed by atoms with E-state index in [1.54, 1.807) is 0 Å². The number of hydrogen-bond donors (Lipinski definition) is 0. The number of ketones is 1. The van der Waals surface area contributed by atoms with Gasteiger partial charge in [0.15, 0.2) is 0 Å². The summed E-state index contributed by atoms with van der Waals surface area (Å²) >= 11 is 0. The van der Waals surface area contributed by atoms with Crippen molar-refractivity contribution in [2.45, 2.75) is 57.7 Å². The molecule has 2 unspecified atom stereocenters. The number of rotatable bonds is 0. The SMILES string of the molecule is CC1(C)CC(=O)C2CCCCC2O1. The van der Waals surface area contributed by atoms with Gasteiger partial charge < -0.3 is 4.74 Å². The fourth-order valence-corrected chi connectivity index (χ4v) is 2.61. The van der Waals surface area contributed by atoms with Crippen LogP contribution in [0.1, 0.15) is 46.0 Å². The zero-order valence-corrected chi connectivity index (χ0v) is 8.51. The van der Waals surface area contributed by atoms with E-state index in [1.165, 1.54) is 12.8 Å². The average molecular weight is 182 g/mol. The van der Waals surface area contributed by atoms with E-state index in [-0.39, 0.29) is 17.6 Å². The lowest BCUT2D eigenvalue weighted by atomic mass is 9.77. The molecular weight excluding hydrogens is 164 g/mol. The zero-order valence-electron chi connectivity index (χ0n) is 8.51. The third-order valence-electron chi connectivity index (χ3n) is 3.19. The largest absolute Gasteiger partial charge is 0.371 e. The summed E-state index contributed by atoms with van der Waals surface area (Å²) in [4.78, 5) is 11.8. The third kappa shape index (κ3) is 1.78. The zero-order chi connectivity index (χ0) is 9.47. The highest BCUT2D eigenvalue weighted by Gasteiger charge is 2.41. The van der Waals surface area contributed by atoms with Gasteiger partial charge in [0.2, 0.25) is 0 Å². The number of carbonyl (C=O) groups is 1. The Morgan fingerprint density at radius 2 is 2.00 bits per heavy atom. The second-order valence-corrected chi connectivity index (χ2v) is 4.95. The van der Waals surface area contributed by atoms with Gasteiger partial charge in [0.05, 0.1) is 11.7 Å². The normalized spacial score (nSPS) is 38.5. The molecule has 0 aromatic carbocycles. The molecule has 0 N–H and O–H groups in total. The average Bonchev–Trinajstić information content (AvgIpc) is 2.02. The van der Waals surface area contributed by atoms with Crippen LogP contribution in [0.3, 0.4) is 0 Å². The van der Waals surface area contributed by atoms with Crippen LogP contribution in [0.15, 0.2) is 0 Å². The van der Waals surface area contributed by atoms with E-state index in [0.29, 0.717) is 12.2 Å². The van der Waals surface area contributed by atoms with E-state index >= 15 is 0 Å². The summed E-state index contributed by atoms with van der Waals surface area (Å²) < 4.78 is 5.93. The Morgan fingerprint density at radius 3 is 2.77 bits per heavy atom. The molecule has 1 saturated carbocycles. The molecule has 0 bridgehead atoms. The number of carbonyl (C=O) groups excluding carboxylic acids is 1. The molecule has 2 heteroatoms. The van der Waals surface area contributed by atoms with Crippen LogP contribution >= 0.6 is 0 Å². The second-order valence-electron chi connectivity index (χ2n) is 4.95. The number of Topliss-reactive ketones (excluding diaryl/α,β-unsaturated/α-hetero) is 1. The lowest BCUT2D eigenvalue weighted by molar-refractivity contribution is -0.167. The molecule has 0 spiro atoms. The summed E-state index contributed by atoms with van der Waals surface area (Å²) in [6, 6.07) is 0. The highest BCUT2D eigenvalue weighted by Crippen LogP contribution is 2.37. The molecule has 1 heterocycles. The van der Waals surface area contributed by atoms with Crippen molar-refractivity contribution in [3.8, 4) is 0 Å². The Kier molecular flexibility index (Phi) is 2.18. The molecule has 2 rings (SSSR count). The van der Waals surface area contributed by atoms with Gasteiger partial charge in [-0.3, -0.25) is 4.79 Å². The van der Waals surface area contributed by atoms with Gasteiger partial charge in [-0.2, -0.15) is 0 Å². The van der Waals surface area contributed by atoms with E-state index in [2.05, 4.69) is 0 Å². The molecule has 1 saturated heterocycles. The fraction of sp³-hybridized carbons (Fsp3) is 0.909. The highest BCUT2D eigenvalue weighted by molar-refractivity contribution is 5.83. The molecule has 74 valence electrons. The van der Waals surface area contributed by atoms with E-state index in [0.717, 1.165) is 12.8 Å². The quantitative estimate of drug-likeness (QED) is 0.574. The number of hydrogen-bond acceptors (Lipinski definition) is 2. The Hall–Kier alpha value is -0.370. The van der Waals surface area contributed by atoms with Crippen molar-refractivity contribution in [2.75, 3.05) is 0 Å². The topological polar surface area (TPSA) is 26.3 Å². The Morgan fingerprint density at radius 1 is 1.31 bits per heavy atom. The lowest BCUT2D eigenvalue weighted by Crippen LogP contribution is -2.47. The first-order chi connectivity index (χ1) is 6.08. The smallest absolute Gasteiger partial charge is 0.141 e. The first-order valence-corrected chi connectivity index (χ1v) is 5.29. The highest BCUT2D eigenvalue weighted by atomic mass is 16.5. The van der Waals surface area contributed by atoms with Crippen LogP contribution in [0.2, 0.25) is 0 Å². The predicted molar refractivity (Wildman–Crippen MR) is 50.5 cm³/mol. The summed E-state index contributed by atoms with van der Waals surface area (Å²) in [7, 11) is 0. The summed E-state index contributed by atoms with van der Waals surface area (Å²) in [6.45, 7) is 4.05. The maximum Gasteiger partial charge on any atom is 0.141 e. The van der Waals surface area contributed by atoms with Crippen molar-refractivity contribution in [2.24, 2.45) is 5.92 Å². The van der Waals surface area contributed by atoms with Crippen LogP contribution in [0.5, 0.6) is 0 Å². The van der Waals surface area contributed by atoms with Gasteiger partial charge in [0, 0.05) is 12.3 Å². The molecular formula is C11H18O2. The van der Waals surface area contributed by atoms with Crippen LogP contribution in [-0.2, 0) is 9.53 Å². The molecule has 2 aliphatic rings. The van der Waals surface area contributed by atoms with Gasteiger partial charge in [-0.25, -0.2) is 0 Å². The maximum atomic E-state index is 11.8. The Bertz CT molecular complexity index is 220. The Balaban J connectivity index is 2.12. The number of ether oxygens (including phenoxy) is 1. The minimum absolute atomic E-state index is 0.213. The van der Waals surface area contributed by atoms with Crippen LogP contribution in [0.4, 0.5) is 0 Å². The molecule has 2 nitrogen and oxygen atoms in total. The van der Waals surface area contributed by atoms with Gasteiger partial charge in [0.1, 0.15) is 5.78 Å². The first kappa shape index (κ1) is 9.20. The molecule has 1 aliphatic carbocycles. The molecule has 13 heavy (non-hydrogen) atoms. The monoisotopic (exact) mass is 182 g/mol. The summed E-state index contributed by atoms with van der Waals surface area (Å²) in [5.74, 6) is 0.655. The molecule has 2 fully saturated rings. The van der Waals surface area contributed by atoms with E-state index < -0.39 is 0 Å². The van der Waals surface area contributed by atoms with Crippen LogP contribution in [-0.4, -0.2) is 17.5 Å². The van der Waals surface area contributed by atoms with Crippen molar-refractivity contribution >= 4 is 5.78 Å². The van der Waals surface area contributed by atoms with Gasteiger partial charge in [-0.1, -0.05) is 12.8 Å². The molecule has 0 amide bonds. The van der Waals surface area contributed by atoms with Crippen molar-refractivity contribution in [3.63, 3.8) is 0 Å². The minimum Gasteiger partial charge on any atom is -0.371 e. The van der Waals surface area contributed by atoms with E-state index in [1.807, 2.05) is 13.8 Å². The summed E-state index contributed by atoms with van der Waals surface area (Å²) in [5.41, 5.74) is -0.213. The lowest BCUT2D eigenvalue weighted by Gasteiger charge is -2.42. The van der Waals surface area contributed by atoms with Crippen molar-refractivity contribution < 1.29 is 9.53 Å². The van der Waals surface area contributed by atoms with Gasteiger partial charge in [-0.15, -0.1) is 0 Å².